The van der Waals surface area contributed by atoms with Gasteiger partial charge in [-0.2, -0.15) is 0 Å². The summed E-state index contributed by atoms with van der Waals surface area (Å²) in [6.07, 6.45) is -2.37. The van der Waals surface area contributed by atoms with Crippen molar-refractivity contribution in [1.82, 2.24) is 4.90 Å². The molecule has 2 aliphatic heterocycles. The number of likely N-dealkylation sites (N-methyl/N-ethyl adjacent to an activating group) is 1. The molecule has 0 aromatic rings. The quantitative estimate of drug-likeness (QED) is 0.0669. The number of aliphatic hydroxyl groups excluding tert-OH is 3. The molecule has 2 saturated heterocycles. The lowest BCUT2D eigenvalue weighted by atomic mass is 9.45. The van der Waals surface area contributed by atoms with Crippen LogP contribution in [-0.2, 0) is 47.7 Å². The van der Waals surface area contributed by atoms with Gasteiger partial charge in [-0.1, -0.05) is 64.4 Å². The van der Waals surface area contributed by atoms with Gasteiger partial charge in [-0.05, 0) is 105 Å². The maximum atomic E-state index is 17.7. The summed E-state index contributed by atoms with van der Waals surface area (Å²) in [6.45, 7) is 17.5. The van der Waals surface area contributed by atoms with Crippen LogP contribution in [0.5, 0.6) is 0 Å². The molecule has 0 amide bonds. The van der Waals surface area contributed by atoms with Crippen LogP contribution < -0.4 is 0 Å². The number of oxime groups is 1. The fourth-order valence-electron chi connectivity index (χ4n) is 13.9. The van der Waals surface area contributed by atoms with Crippen LogP contribution in [-0.4, -0.2) is 165 Å². The van der Waals surface area contributed by atoms with Crippen LogP contribution in [0, 0.1) is 52.3 Å². The van der Waals surface area contributed by atoms with Crippen LogP contribution in [0.3, 0.4) is 0 Å². The maximum Gasteiger partial charge on any atom is 0.339 e. The minimum atomic E-state index is -2.15. The Balaban J connectivity index is 1.26. The minimum Gasteiger partial charge on any atom is -0.460 e. The molecule has 18 heteroatoms. The Morgan fingerprint density at radius 1 is 0.944 bits per heavy atom. The molecule has 6 aliphatic rings. The molecule has 21 atom stereocenters. The third kappa shape index (κ3) is 9.62. The zero-order valence-electron chi connectivity index (χ0n) is 44.3. The number of esters is 2. The van der Waals surface area contributed by atoms with E-state index in [1.165, 1.54) is 27.0 Å². The standard InChI is InChI=1S/C53H83FN2O15/c1-15-39-51(11,64)43(61)30(5)40(27(2)25-50(10,66-14)44(31(6)41(59)32(7)45(62)70-39)71-46-42(60)37(56(12)13)23-29(4)69-46)55-68-21-20-67-47(63)53(65)28(3)22-36-35-17-16-33-24-34(57)18-19-48(33,8)52(35,54)38(58)26-49(36,53)9/h16,18-19,27-32,35-39,42-44,46,58,60-61,64-65H,15,17,20-26H2,1-14H3/t27-,28-,29-,30+,31+,32-,35?,36?,37-,38+,39-,42-,43-,44?,46+,48+,49+,50-,51-,52+,53+/m1/s1. The van der Waals surface area contributed by atoms with Crippen LogP contribution >= 0.6 is 0 Å². The third-order valence-corrected chi connectivity index (χ3v) is 18.4. The van der Waals surface area contributed by atoms with E-state index >= 15 is 4.39 Å². The number of ether oxygens (including phenoxy) is 5. The topological polar surface area (TPSA) is 240 Å². The van der Waals surface area contributed by atoms with E-state index < -0.39 is 129 Å². The third-order valence-electron chi connectivity index (χ3n) is 18.4. The van der Waals surface area contributed by atoms with Crippen LogP contribution in [0.15, 0.2) is 29.0 Å². The normalized spacial score (nSPS) is 48.2. The zero-order chi connectivity index (χ0) is 53.1. The van der Waals surface area contributed by atoms with Gasteiger partial charge < -0.3 is 59.0 Å². The second-order valence-electron chi connectivity index (χ2n) is 23.1. The van der Waals surface area contributed by atoms with Gasteiger partial charge in [0.15, 0.2) is 35.7 Å². The number of hydrogen-bond acceptors (Lipinski definition) is 17. The van der Waals surface area contributed by atoms with Crippen molar-refractivity contribution in [3.05, 3.63) is 23.8 Å². The lowest BCUT2D eigenvalue weighted by molar-refractivity contribution is -0.295. The molecule has 3 unspecified atom stereocenters. The maximum absolute atomic E-state index is 17.7. The predicted octanol–water partition coefficient (Wildman–Crippen LogP) is 4.42. The fraction of sp³-hybridized carbons (Fsp3) is 0.830. The second-order valence-corrected chi connectivity index (χ2v) is 23.1. The van der Waals surface area contributed by atoms with Gasteiger partial charge in [0.2, 0.25) is 0 Å². The molecule has 0 spiro atoms. The fourth-order valence-corrected chi connectivity index (χ4v) is 13.9. The number of rotatable bonds is 10. The molecular formula is C53H83FN2O15. The van der Waals surface area contributed by atoms with Crippen molar-refractivity contribution in [2.45, 2.75) is 193 Å². The van der Waals surface area contributed by atoms with Crippen LogP contribution in [0.25, 0.3) is 0 Å². The van der Waals surface area contributed by atoms with Crippen molar-refractivity contribution < 1.29 is 77.6 Å². The molecule has 0 radical (unpaired) electrons. The van der Waals surface area contributed by atoms with Gasteiger partial charge in [0.05, 0.1) is 35.7 Å². The summed E-state index contributed by atoms with van der Waals surface area (Å²) >= 11 is 0. The smallest absolute Gasteiger partial charge is 0.339 e. The van der Waals surface area contributed by atoms with E-state index in [0.717, 1.165) is 0 Å². The van der Waals surface area contributed by atoms with Gasteiger partial charge in [0.25, 0.3) is 0 Å². The summed E-state index contributed by atoms with van der Waals surface area (Å²) in [5.41, 5.74) is -9.34. The number of Topliss-reactive ketones (excluding diaryl/α,β-unsaturated/α-hetero) is 1. The summed E-state index contributed by atoms with van der Waals surface area (Å²) in [7, 11) is 5.13. The van der Waals surface area contributed by atoms with Gasteiger partial charge in [-0.15, -0.1) is 0 Å². The number of alkyl halides is 1. The molecule has 0 aromatic heterocycles. The van der Waals surface area contributed by atoms with E-state index in [1.807, 2.05) is 32.0 Å². The van der Waals surface area contributed by atoms with E-state index in [0.29, 0.717) is 18.4 Å². The summed E-state index contributed by atoms with van der Waals surface area (Å²) in [4.78, 5) is 62.3. The van der Waals surface area contributed by atoms with E-state index in [1.54, 1.807) is 61.5 Å². The monoisotopic (exact) mass is 1010 g/mol. The highest BCUT2D eigenvalue weighted by molar-refractivity contribution is 6.00. The molecule has 5 N–H and O–H groups in total. The lowest BCUT2D eigenvalue weighted by Crippen LogP contribution is -2.69. The average molecular weight is 1010 g/mol. The molecule has 2 heterocycles. The van der Waals surface area contributed by atoms with Crippen molar-refractivity contribution in [3.8, 4) is 0 Å². The summed E-state index contributed by atoms with van der Waals surface area (Å²) in [6, 6.07) is -0.345. The molecule has 4 aliphatic carbocycles. The Labute approximate surface area is 418 Å². The number of fused-ring (bicyclic) bond motifs is 5. The molecule has 402 valence electrons. The first-order valence-electron chi connectivity index (χ1n) is 25.7. The average Bonchev–Trinajstić information content (AvgIpc) is 3.51. The number of halogens is 1. The number of cyclic esters (lactones) is 1. The van der Waals surface area contributed by atoms with Gasteiger partial charge in [0, 0.05) is 54.1 Å². The Kier molecular flexibility index (Phi) is 16.8. The molecule has 0 bridgehead atoms. The SMILES string of the molecule is CC[C@H]1OC(=O)[C@H](C)C(=O)[C@H](C)C(O[C@@H]2O[C@H](C)C[C@@H](N(C)C)[C@H]2O)[C@](C)(OC)C[C@@H](C)C(=NOCCOC(=O)[C@@]2(O)[C@H](C)CC3C4CC=C5CC(=O)C=C[C@]5(C)[C@@]4(F)[C@@H](O)C[C@@]32C)[C@H](C)[C@@H](O)[C@]1(C)O. The number of hydrogen-bond donors (Lipinski definition) is 5. The second kappa shape index (κ2) is 20.8. The van der Waals surface area contributed by atoms with Crippen molar-refractivity contribution in [2.24, 2.45) is 57.4 Å². The van der Waals surface area contributed by atoms with Gasteiger partial charge >= 0.3 is 11.9 Å². The van der Waals surface area contributed by atoms with Crippen molar-refractivity contribution >= 4 is 29.2 Å². The van der Waals surface area contributed by atoms with E-state index in [-0.39, 0.29) is 69.0 Å². The number of methoxy groups -OCH3 is 1. The minimum absolute atomic E-state index is 0.0655. The van der Waals surface area contributed by atoms with Gasteiger partial charge in [-0.3, -0.25) is 14.4 Å². The summed E-state index contributed by atoms with van der Waals surface area (Å²) < 4.78 is 48.3. The summed E-state index contributed by atoms with van der Waals surface area (Å²) in [5, 5.41) is 64.2. The molecule has 17 nitrogen and oxygen atoms in total. The van der Waals surface area contributed by atoms with Crippen molar-refractivity contribution in [2.75, 3.05) is 34.4 Å². The van der Waals surface area contributed by atoms with E-state index in [4.69, 9.17) is 28.5 Å². The Hall–Kier alpha value is -3.20. The first-order valence-corrected chi connectivity index (χ1v) is 25.7. The van der Waals surface area contributed by atoms with Crippen LogP contribution in [0.1, 0.15) is 121 Å². The highest BCUT2D eigenvalue weighted by Crippen LogP contribution is 2.70. The lowest BCUT2D eigenvalue weighted by Gasteiger charge is -2.61. The largest absolute Gasteiger partial charge is 0.460 e. The number of carbonyl (C=O) groups is 4. The molecule has 0 aromatic carbocycles. The number of ketones is 2. The molecule has 6 rings (SSSR count). The van der Waals surface area contributed by atoms with E-state index in [2.05, 4.69) is 5.16 Å². The van der Waals surface area contributed by atoms with Gasteiger partial charge in [0.1, 0.15) is 30.3 Å². The van der Waals surface area contributed by atoms with Crippen molar-refractivity contribution in [1.29, 1.82) is 0 Å². The molecular weight excluding hydrogens is 924 g/mol. The first kappa shape index (κ1) is 57.1. The number of allylic oxidation sites excluding steroid dienone is 4. The van der Waals surface area contributed by atoms with E-state index in [9.17, 15) is 44.7 Å². The summed E-state index contributed by atoms with van der Waals surface area (Å²) in [5.74, 6) is -8.48. The highest BCUT2D eigenvalue weighted by atomic mass is 19.1. The Bertz CT molecular complexity index is 2100. The van der Waals surface area contributed by atoms with Gasteiger partial charge in [-0.25, -0.2) is 9.18 Å². The molecule has 71 heavy (non-hydrogen) atoms. The zero-order valence-corrected chi connectivity index (χ0v) is 44.3. The van der Waals surface area contributed by atoms with Crippen molar-refractivity contribution in [3.63, 3.8) is 0 Å². The number of aliphatic hydroxyl groups is 5. The van der Waals surface area contributed by atoms with Crippen LogP contribution in [0.2, 0.25) is 0 Å². The molecule has 4 fully saturated rings. The first-order chi connectivity index (χ1) is 32.9. The number of nitrogens with zero attached hydrogens (tertiary/aromatic N) is 2. The predicted molar refractivity (Wildman–Crippen MR) is 258 cm³/mol. The van der Waals surface area contributed by atoms with Crippen LogP contribution in [0.4, 0.5) is 4.39 Å². The Morgan fingerprint density at radius 3 is 2.23 bits per heavy atom. The molecule has 2 saturated carbocycles. The number of carbonyl (C=O) groups excluding carboxylic acids is 4. The Morgan fingerprint density at radius 2 is 1.61 bits per heavy atom. The highest BCUT2D eigenvalue weighted by Gasteiger charge is 2.76.